The molecule has 0 radical (unpaired) electrons. The third kappa shape index (κ3) is 2.09. The van der Waals surface area contributed by atoms with Gasteiger partial charge < -0.3 is 10.0 Å². The fourth-order valence-corrected chi connectivity index (χ4v) is 2.30. The van der Waals surface area contributed by atoms with Crippen molar-refractivity contribution in [1.82, 2.24) is 4.98 Å². The van der Waals surface area contributed by atoms with Crippen LogP contribution in [0.25, 0.3) is 10.6 Å². The second-order valence-electron chi connectivity index (χ2n) is 3.21. The topological polar surface area (TPSA) is 53.4 Å². The van der Waals surface area contributed by atoms with Gasteiger partial charge in [-0.15, -0.1) is 11.3 Å². The first-order valence-electron chi connectivity index (χ1n) is 4.57. The van der Waals surface area contributed by atoms with Crippen molar-refractivity contribution >= 4 is 23.2 Å². The Hall–Kier alpha value is -1.17. The molecule has 1 heterocycles. The van der Waals surface area contributed by atoms with Gasteiger partial charge in [0.25, 0.3) is 0 Å². The van der Waals surface area contributed by atoms with E-state index in [1.165, 1.54) is 11.3 Å². The quantitative estimate of drug-likeness (QED) is 0.734. The molecule has 2 N–H and O–H groups in total. The van der Waals surface area contributed by atoms with E-state index in [4.69, 9.17) is 10.0 Å². The summed E-state index contributed by atoms with van der Waals surface area (Å²) in [6.45, 7) is 1.78. The van der Waals surface area contributed by atoms with Crippen LogP contribution in [0, 0.1) is 6.92 Å². The molecule has 0 spiro atoms. The normalized spacial score (nSPS) is 10.3. The minimum Gasteiger partial charge on any atom is -0.423 e. The second kappa shape index (κ2) is 4.14. The second-order valence-corrected chi connectivity index (χ2v) is 4.24. The molecule has 15 heavy (non-hydrogen) atoms. The van der Waals surface area contributed by atoms with Gasteiger partial charge in [0.1, 0.15) is 5.01 Å². The Morgan fingerprint density at radius 3 is 2.40 bits per heavy atom. The maximum absolute atomic E-state index is 9.09. The molecule has 2 aromatic rings. The Morgan fingerprint density at radius 2 is 1.87 bits per heavy atom. The zero-order chi connectivity index (χ0) is 10.8. The van der Waals surface area contributed by atoms with Gasteiger partial charge in [-0.3, -0.25) is 0 Å². The van der Waals surface area contributed by atoms with Crippen LogP contribution in [0.4, 0.5) is 0 Å². The molecule has 0 fully saturated rings. The summed E-state index contributed by atoms with van der Waals surface area (Å²) in [5.74, 6) is 0. The molecule has 5 heteroatoms. The van der Waals surface area contributed by atoms with Crippen LogP contribution in [0.3, 0.4) is 0 Å². The van der Waals surface area contributed by atoms with Crippen molar-refractivity contribution in [1.29, 1.82) is 0 Å². The summed E-state index contributed by atoms with van der Waals surface area (Å²) in [4.78, 5) is 4.30. The highest BCUT2D eigenvalue weighted by Gasteiger charge is 2.19. The summed E-state index contributed by atoms with van der Waals surface area (Å²) >= 11 is 1.31. The highest BCUT2D eigenvalue weighted by molar-refractivity contribution is 7.24. The van der Waals surface area contributed by atoms with Gasteiger partial charge in [0.2, 0.25) is 0 Å². The van der Waals surface area contributed by atoms with Crippen molar-refractivity contribution < 1.29 is 10.0 Å². The molecule has 0 aliphatic rings. The van der Waals surface area contributed by atoms with E-state index in [2.05, 4.69) is 4.98 Å². The van der Waals surface area contributed by atoms with Crippen LogP contribution in [0.2, 0.25) is 0 Å². The zero-order valence-electron chi connectivity index (χ0n) is 8.21. The van der Waals surface area contributed by atoms with Crippen LogP contribution in [-0.4, -0.2) is 22.2 Å². The first kappa shape index (κ1) is 10.4. The van der Waals surface area contributed by atoms with Crippen LogP contribution < -0.4 is 4.78 Å². The standard InChI is InChI=1S/C10H10BNO2S/c1-7-9(11(13)14)15-10(12-7)8-5-3-2-4-6-8/h2-6,13-14H,1H3. The van der Waals surface area contributed by atoms with Crippen molar-refractivity contribution in [2.24, 2.45) is 0 Å². The van der Waals surface area contributed by atoms with Gasteiger partial charge in [-0.25, -0.2) is 4.98 Å². The Labute approximate surface area is 92.2 Å². The van der Waals surface area contributed by atoms with Crippen LogP contribution in [0.15, 0.2) is 30.3 Å². The molecule has 0 bridgehead atoms. The highest BCUT2D eigenvalue weighted by atomic mass is 32.1. The monoisotopic (exact) mass is 219 g/mol. The molecule has 0 atom stereocenters. The van der Waals surface area contributed by atoms with Crippen molar-refractivity contribution in [2.75, 3.05) is 0 Å². The lowest BCUT2D eigenvalue weighted by Gasteiger charge is -1.93. The lowest BCUT2D eigenvalue weighted by atomic mass is 9.88. The van der Waals surface area contributed by atoms with Crippen LogP contribution >= 0.6 is 11.3 Å². The number of thiazole rings is 1. The van der Waals surface area contributed by atoms with E-state index >= 15 is 0 Å². The molecule has 1 aromatic carbocycles. The third-order valence-corrected chi connectivity index (χ3v) is 3.33. The third-order valence-electron chi connectivity index (χ3n) is 2.09. The van der Waals surface area contributed by atoms with E-state index in [-0.39, 0.29) is 0 Å². The molecule has 0 amide bonds. The van der Waals surface area contributed by atoms with Crippen LogP contribution in [0.5, 0.6) is 0 Å². The molecule has 0 aliphatic heterocycles. The molecular formula is C10H10BNO2S. The average molecular weight is 219 g/mol. The number of rotatable bonds is 2. The summed E-state index contributed by atoms with van der Waals surface area (Å²) in [5, 5.41) is 19.0. The molecule has 0 saturated heterocycles. The summed E-state index contributed by atoms with van der Waals surface area (Å²) in [6, 6.07) is 9.70. The number of hydrogen-bond acceptors (Lipinski definition) is 4. The van der Waals surface area contributed by atoms with E-state index in [1.54, 1.807) is 6.92 Å². The van der Waals surface area contributed by atoms with Gasteiger partial charge in [0.05, 0.1) is 4.78 Å². The fourth-order valence-electron chi connectivity index (χ4n) is 1.35. The van der Waals surface area contributed by atoms with E-state index in [0.717, 1.165) is 10.6 Å². The molecule has 1 aromatic heterocycles. The lowest BCUT2D eigenvalue weighted by Crippen LogP contribution is -2.28. The number of hydrogen-bond donors (Lipinski definition) is 2. The van der Waals surface area contributed by atoms with Crippen molar-refractivity contribution in [3.8, 4) is 10.6 Å². The summed E-state index contributed by atoms with van der Waals surface area (Å²) in [6.07, 6.45) is 0. The molecule has 0 unspecified atom stereocenters. The maximum atomic E-state index is 9.09. The number of aromatic nitrogens is 1. The van der Waals surface area contributed by atoms with Gasteiger partial charge in [-0.1, -0.05) is 30.3 Å². The number of benzene rings is 1. The first-order valence-corrected chi connectivity index (χ1v) is 5.39. The summed E-state index contributed by atoms with van der Waals surface area (Å²) in [7, 11) is -1.43. The molecule has 0 saturated carbocycles. The van der Waals surface area contributed by atoms with Gasteiger partial charge in [-0.2, -0.15) is 0 Å². The van der Waals surface area contributed by atoms with E-state index in [1.807, 2.05) is 30.3 Å². The largest absolute Gasteiger partial charge is 0.501 e. The van der Waals surface area contributed by atoms with Gasteiger partial charge >= 0.3 is 7.12 Å². The SMILES string of the molecule is Cc1nc(-c2ccccc2)sc1B(O)O. The molecule has 3 nitrogen and oxygen atoms in total. The lowest BCUT2D eigenvalue weighted by molar-refractivity contribution is 0.426. The Morgan fingerprint density at radius 1 is 1.20 bits per heavy atom. The molecular weight excluding hydrogens is 209 g/mol. The summed E-state index contributed by atoms with van der Waals surface area (Å²) < 4.78 is 0.508. The smallest absolute Gasteiger partial charge is 0.423 e. The van der Waals surface area contributed by atoms with E-state index in [0.29, 0.717) is 10.5 Å². The predicted molar refractivity (Wildman–Crippen MR) is 62.1 cm³/mol. The molecule has 2 rings (SSSR count). The van der Waals surface area contributed by atoms with E-state index < -0.39 is 7.12 Å². The highest BCUT2D eigenvalue weighted by Crippen LogP contribution is 2.21. The first-order chi connectivity index (χ1) is 7.18. The van der Waals surface area contributed by atoms with Gasteiger partial charge in [0.15, 0.2) is 0 Å². The van der Waals surface area contributed by atoms with Crippen LogP contribution in [0.1, 0.15) is 5.69 Å². The van der Waals surface area contributed by atoms with Gasteiger partial charge in [-0.05, 0) is 6.92 Å². The minimum atomic E-state index is -1.43. The maximum Gasteiger partial charge on any atom is 0.501 e. The average Bonchev–Trinajstić information content (AvgIpc) is 2.62. The van der Waals surface area contributed by atoms with Gasteiger partial charge in [0, 0.05) is 11.3 Å². The number of nitrogens with zero attached hydrogens (tertiary/aromatic N) is 1. The Balaban J connectivity index is 2.43. The zero-order valence-corrected chi connectivity index (χ0v) is 9.03. The Kier molecular flexibility index (Phi) is 2.86. The molecule has 76 valence electrons. The predicted octanol–water partition coefficient (Wildman–Crippen LogP) is 0.798. The van der Waals surface area contributed by atoms with Crippen molar-refractivity contribution in [3.63, 3.8) is 0 Å². The minimum absolute atomic E-state index is 0.508. The van der Waals surface area contributed by atoms with Crippen LogP contribution in [-0.2, 0) is 0 Å². The Bertz CT molecular complexity index is 456. The van der Waals surface area contributed by atoms with Crippen molar-refractivity contribution in [2.45, 2.75) is 6.92 Å². The number of aryl methyl sites for hydroxylation is 1. The van der Waals surface area contributed by atoms with Crippen molar-refractivity contribution in [3.05, 3.63) is 36.0 Å². The summed E-state index contributed by atoms with van der Waals surface area (Å²) in [5.41, 5.74) is 1.67. The molecule has 0 aliphatic carbocycles. The fraction of sp³-hybridized carbons (Fsp3) is 0.100. The van der Waals surface area contributed by atoms with E-state index in [9.17, 15) is 0 Å².